The van der Waals surface area contributed by atoms with Crippen molar-refractivity contribution in [3.63, 3.8) is 0 Å². The van der Waals surface area contributed by atoms with Gasteiger partial charge in [-0.3, -0.25) is 0 Å². The number of hydrogen-bond donors (Lipinski definition) is 0. The summed E-state index contributed by atoms with van der Waals surface area (Å²) in [5.74, 6) is 3.38. The highest BCUT2D eigenvalue weighted by Crippen LogP contribution is 2.23. The van der Waals surface area contributed by atoms with Crippen LogP contribution in [-0.4, -0.2) is 20.3 Å². The fraction of sp³-hybridized carbons (Fsp3) is 0.304. The first-order valence-electron chi connectivity index (χ1n) is 9.96. The molecule has 8 nitrogen and oxygen atoms in total. The summed E-state index contributed by atoms with van der Waals surface area (Å²) in [6.45, 7) is 8.47. The Labute approximate surface area is 180 Å². The maximum absolute atomic E-state index is 5.74. The highest BCUT2D eigenvalue weighted by atomic mass is 16.5. The van der Waals surface area contributed by atoms with Crippen LogP contribution in [0.2, 0.25) is 0 Å². The molecular formula is C23H24N4O4. The van der Waals surface area contributed by atoms with Crippen molar-refractivity contribution < 1.29 is 18.5 Å². The fourth-order valence-corrected chi connectivity index (χ4v) is 2.79. The van der Waals surface area contributed by atoms with Crippen LogP contribution in [0.5, 0.6) is 11.5 Å². The minimum absolute atomic E-state index is 0.167. The predicted octanol–water partition coefficient (Wildman–Crippen LogP) is 4.88. The molecule has 2 aromatic carbocycles. The van der Waals surface area contributed by atoms with E-state index in [1.165, 1.54) is 0 Å². The molecule has 0 saturated carbocycles. The summed E-state index contributed by atoms with van der Waals surface area (Å²) < 4.78 is 22.0. The zero-order valence-corrected chi connectivity index (χ0v) is 18.0. The summed E-state index contributed by atoms with van der Waals surface area (Å²) in [7, 11) is 0. The smallest absolute Gasteiger partial charge is 0.264 e. The molecule has 0 N–H and O–H groups in total. The molecule has 160 valence electrons. The average molecular weight is 420 g/mol. The number of benzene rings is 2. The second kappa shape index (κ2) is 8.59. The SMILES string of the molecule is Cc1ccccc1-c1noc(COc2ccc(OCc3nc(C(C)(C)C)no3)cc2)n1. The number of aryl methyl sites for hydroxylation is 1. The number of rotatable bonds is 7. The minimum atomic E-state index is -0.167. The molecule has 0 aliphatic carbocycles. The third kappa shape index (κ3) is 5.09. The highest BCUT2D eigenvalue weighted by molar-refractivity contribution is 5.58. The lowest BCUT2D eigenvalue weighted by Gasteiger charge is -2.10. The van der Waals surface area contributed by atoms with Gasteiger partial charge >= 0.3 is 0 Å². The van der Waals surface area contributed by atoms with E-state index in [1.807, 2.05) is 76.2 Å². The van der Waals surface area contributed by atoms with Crippen molar-refractivity contribution >= 4 is 0 Å². The van der Waals surface area contributed by atoms with Gasteiger partial charge in [0.15, 0.2) is 19.0 Å². The summed E-state index contributed by atoms with van der Waals surface area (Å²) in [5, 5.41) is 8.02. The summed E-state index contributed by atoms with van der Waals surface area (Å²) in [5.41, 5.74) is 1.86. The average Bonchev–Trinajstić information content (AvgIpc) is 3.41. The normalized spacial score (nSPS) is 11.5. The van der Waals surface area contributed by atoms with Crippen molar-refractivity contribution in [2.45, 2.75) is 46.3 Å². The second-order valence-corrected chi connectivity index (χ2v) is 8.14. The highest BCUT2D eigenvalue weighted by Gasteiger charge is 2.21. The van der Waals surface area contributed by atoms with Crippen LogP contribution in [0.25, 0.3) is 11.4 Å². The zero-order chi connectivity index (χ0) is 21.8. The molecule has 0 aliphatic heterocycles. The molecule has 4 aromatic rings. The van der Waals surface area contributed by atoms with E-state index in [1.54, 1.807) is 0 Å². The van der Waals surface area contributed by atoms with E-state index in [-0.39, 0.29) is 18.6 Å². The van der Waals surface area contributed by atoms with Crippen LogP contribution in [0.3, 0.4) is 0 Å². The van der Waals surface area contributed by atoms with Crippen LogP contribution in [0, 0.1) is 6.92 Å². The summed E-state index contributed by atoms with van der Waals surface area (Å²) in [6.07, 6.45) is 0. The molecule has 2 heterocycles. The molecule has 0 bridgehead atoms. The Morgan fingerprint density at radius 3 is 1.94 bits per heavy atom. The van der Waals surface area contributed by atoms with Gasteiger partial charge in [0.2, 0.25) is 5.82 Å². The predicted molar refractivity (Wildman–Crippen MR) is 113 cm³/mol. The Morgan fingerprint density at radius 2 is 1.35 bits per heavy atom. The molecule has 0 saturated heterocycles. The Morgan fingerprint density at radius 1 is 0.774 bits per heavy atom. The van der Waals surface area contributed by atoms with Crippen LogP contribution in [0.4, 0.5) is 0 Å². The number of nitrogens with zero attached hydrogens (tertiary/aromatic N) is 4. The second-order valence-electron chi connectivity index (χ2n) is 8.14. The first kappa shape index (κ1) is 20.6. The first-order chi connectivity index (χ1) is 14.9. The standard InChI is InChI=1S/C23H24N4O4/c1-15-7-5-6-8-18(15)21-24-19(30-26-21)13-28-16-9-11-17(12-10-16)29-14-20-25-22(27-31-20)23(2,3)4/h5-12H,13-14H2,1-4H3. The summed E-state index contributed by atoms with van der Waals surface area (Å²) >= 11 is 0. The van der Waals surface area contributed by atoms with Crippen LogP contribution in [-0.2, 0) is 18.6 Å². The molecule has 31 heavy (non-hydrogen) atoms. The van der Waals surface area contributed by atoms with E-state index >= 15 is 0 Å². The van der Waals surface area contributed by atoms with Crippen molar-refractivity contribution in [2.75, 3.05) is 0 Å². The van der Waals surface area contributed by atoms with Gasteiger partial charge in [-0.15, -0.1) is 0 Å². The lowest BCUT2D eigenvalue weighted by Crippen LogP contribution is -2.13. The third-order valence-corrected chi connectivity index (χ3v) is 4.54. The van der Waals surface area contributed by atoms with Crippen molar-refractivity contribution in [2.24, 2.45) is 0 Å². The largest absolute Gasteiger partial charge is 0.484 e. The molecule has 0 unspecified atom stereocenters. The molecule has 4 rings (SSSR count). The van der Waals surface area contributed by atoms with Gasteiger partial charge in [0.1, 0.15) is 11.5 Å². The van der Waals surface area contributed by atoms with Gasteiger partial charge in [-0.1, -0.05) is 55.4 Å². The monoisotopic (exact) mass is 420 g/mol. The zero-order valence-electron chi connectivity index (χ0n) is 18.0. The first-order valence-corrected chi connectivity index (χ1v) is 9.96. The van der Waals surface area contributed by atoms with E-state index in [0.717, 1.165) is 11.1 Å². The third-order valence-electron chi connectivity index (χ3n) is 4.54. The van der Waals surface area contributed by atoms with E-state index in [0.29, 0.717) is 34.9 Å². The van der Waals surface area contributed by atoms with Crippen molar-refractivity contribution in [1.82, 2.24) is 20.3 Å². The molecule has 0 amide bonds. The van der Waals surface area contributed by atoms with E-state index in [2.05, 4.69) is 20.3 Å². The summed E-state index contributed by atoms with van der Waals surface area (Å²) in [4.78, 5) is 8.76. The van der Waals surface area contributed by atoms with Crippen molar-refractivity contribution in [3.8, 4) is 22.9 Å². The number of aromatic nitrogens is 4. The summed E-state index contributed by atoms with van der Waals surface area (Å²) in [6, 6.07) is 15.1. The van der Waals surface area contributed by atoms with Gasteiger partial charge in [-0.25, -0.2) is 0 Å². The molecule has 0 atom stereocenters. The van der Waals surface area contributed by atoms with Crippen LogP contribution in [0.1, 0.15) is 43.9 Å². The lowest BCUT2D eigenvalue weighted by atomic mass is 9.96. The number of hydrogen-bond acceptors (Lipinski definition) is 8. The molecule has 2 aromatic heterocycles. The molecule has 0 spiro atoms. The maximum Gasteiger partial charge on any atom is 0.264 e. The number of ether oxygens (including phenoxy) is 2. The Hall–Kier alpha value is -3.68. The molecule has 0 fully saturated rings. The fourth-order valence-electron chi connectivity index (χ4n) is 2.79. The molecular weight excluding hydrogens is 396 g/mol. The van der Waals surface area contributed by atoms with Gasteiger partial charge in [0, 0.05) is 11.0 Å². The van der Waals surface area contributed by atoms with Gasteiger partial charge < -0.3 is 18.5 Å². The van der Waals surface area contributed by atoms with Crippen molar-refractivity contribution in [1.29, 1.82) is 0 Å². The molecule has 0 radical (unpaired) electrons. The van der Waals surface area contributed by atoms with Gasteiger partial charge in [-0.2, -0.15) is 9.97 Å². The minimum Gasteiger partial charge on any atom is -0.484 e. The Kier molecular flexibility index (Phi) is 5.70. The van der Waals surface area contributed by atoms with Crippen molar-refractivity contribution in [3.05, 3.63) is 71.7 Å². The quantitative estimate of drug-likeness (QED) is 0.417. The topological polar surface area (TPSA) is 96.3 Å². The van der Waals surface area contributed by atoms with Gasteiger partial charge in [0.25, 0.3) is 11.8 Å². The molecule has 0 aliphatic rings. The van der Waals surface area contributed by atoms with E-state index < -0.39 is 0 Å². The molecule has 8 heteroatoms. The maximum atomic E-state index is 5.74. The van der Waals surface area contributed by atoms with Crippen LogP contribution < -0.4 is 9.47 Å². The lowest BCUT2D eigenvalue weighted by molar-refractivity contribution is 0.237. The Bertz CT molecular complexity index is 1140. The van der Waals surface area contributed by atoms with Gasteiger partial charge in [0.05, 0.1) is 0 Å². The van der Waals surface area contributed by atoms with Crippen LogP contribution in [0.15, 0.2) is 57.6 Å². The van der Waals surface area contributed by atoms with E-state index in [4.69, 9.17) is 18.5 Å². The van der Waals surface area contributed by atoms with E-state index in [9.17, 15) is 0 Å². The van der Waals surface area contributed by atoms with Gasteiger partial charge in [-0.05, 0) is 36.8 Å². The van der Waals surface area contributed by atoms with Crippen LogP contribution >= 0.6 is 0 Å². The Balaban J connectivity index is 1.30.